The van der Waals surface area contributed by atoms with Crippen LogP contribution in [0.5, 0.6) is 5.88 Å². The fourth-order valence-corrected chi connectivity index (χ4v) is 3.30. The molecule has 0 saturated heterocycles. The molecule has 0 radical (unpaired) electrons. The Kier molecular flexibility index (Phi) is 5.08. The molecule has 0 aliphatic carbocycles. The number of rotatable bonds is 6. The van der Waals surface area contributed by atoms with Crippen molar-refractivity contribution in [3.05, 3.63) is 52.0 Å². The first-order valence-electron chi connectivity index (χ1n) is 7.86. The minimum atomic E-state index is -0.0574. The summed E-state index contributed by atoms with van der Waals surface area (Å²) in [6, 6.07) is 7.48. The summed E-state index contributed by atoms with van der Waals surface area (Å²) in [6.45, 7) is 2.56. The fraction of sp³-hybridized carbons (Fsp3) is 0.294. The van der Waals surface area contributed by atoms with Crippen LogP contribution in [0.2, 0.25) is 0 Å². The second-order valence-electron chi connectivity index (χ2n) is 5.44. The van der Waals surface area contributed by atoms with Gasteiger partial charge in [-0.15, -0.1) is 21.5 Å². The van der Waals surface area contributed by atoms with Gasteiger partial charge in [-0.05, 0) is 23.9 Å². The van der Waals surface area contributed by atoms with Crippen molar-refractivity contribution < 1.29 is 9.53 Å². The highest BCUT2D eigenvalue weighted by Crippen LogP contribution is 2.18. The van der Waals surface area contributed by atoms with Gasteiger partial charge < -0.3 is 9.64 Å². The lowest BCUT2D eigenvalue weighted by Gasteiger charge is -2.16. The van der Waals surface area contributed by atoms with Crippen LogP contribution in [0.4, 0.5) is 0 Å². The zero-order chi connectivity index (χ0) is 17.8. The molecule has 0 aromatic carbocycles. The molecule has 0 aliphatic rings. The van der Waals surface area contributed by atoms with Gasteiger partial charge in [0.25, 0.3) is 5.91 Å². The average molecular weight is 357 g/mol. The molecule has 130 valence electrons. The van der Waals surface area contributed by atoms with Crippen LogP contribution in [-0.4, -0.2) is 44.9 Å². The Balaban J connectivity index is 1.86. The monoisotopic (exact) mass is 357 g/mol. The minimum Gasteiger partial charge on any atom is -0.480 e. The maximum Gasteiger partial charge on any atom is 0.257 e. The molecule has 7 nitrogen and oxygen atoms in total. The van der Waals surface area contributed by atoms with Gasteiger partial charge in [0, 0.05) is 18.0 Å². The summed E-state index contributed by atoms with van der Waals surface area (Å²) in [4.78, 5) is 15.7. The summed E-state index contributed by atoms with van der Waals surface area (Å²) in [5.41, 5.74) is 1.39. The highest BCUT2D eigenvalue weighted by Gasteiger charge is 2.21. The van der Waals surface area contributed by atoms with Gasteiger partial charge in [0.15, 0.2) is 5.82 Å². The standard InChI is InChI=1S/C17H19N5O2S/c1-4-14-13(17(23)21(2)11-12-6-5-9-25-12)10-18-22(14)15-7-8-16(24-3)20-19-15/h5-10H,4,11H2,1-3H3. The molecule has 0 aliphatic heterocycles. The van der Waals surface area contributed by atoms with Crippen molar-refractivity contribution in [2.24, 2.45) is 0 Å². The third kappa shape index (κ3) is 3.53. The van der Waals surface area contributed by atoms with Crippen molar-refractivity contribution in [2.75, 3.05) is 14.2 Å². The van der Waals surface area contributed by atoms with E-state index in [1.807, 2.05) is 24.4 Å². The van der Waals surface area contributed by atoms with Crippen molar-refractivity contribution in [1.82, 2.24) is 24.9 Å². The highest BCUT2D eigenvalue weighted by atomic mass is 32.1. The fourth-order valence-electron chi connectivity index (χ4n) is 2.54. The Labute approximate surface area is 149 Å². The molecule has 0 N–H and O–H groups in total. The van der Waals surface area contributed by atoms with E-state index < -0.39 is 0 Å². The van der Waals surface area contributed by atoms with Crippen LogP contribution < -0.4 is 4.74 Å². The van der Waals surface area contributed by atoms with Gasteiger partial charge in [-0.2, -0.15) is 5.10 Å². The highest BCUT2D eigenvalue weighted by molar-refractivity contribution is 7.09. The Bertz CT molecular complexity index is 843. The summed E-state index contributed by atoms with van der Waals surface area (Å²) in [5, 5.41) is 14.4. The number of nitrogens with zero attached hydrogens (tertiary/aromatic N) is 5. The number of carbonyl (C=O) groups excluding carboxylic acids is 1. The van der Waals surface area contributed by atoms with E-state index in [9.17, 15) is 4.79 Å². The second kappa shape index (κ2) is 7.43. The summed E-state index contributed by atoms with van der Waals surface area (Å²) >= 11 is 1.63. The summed E-state index contributed by atoms with van der Waals surface area (Å²) in [5.74, 6) is 0.927. The summed E-state index contributed by atoms with van der Waals surface area (Å²) in [7, 11) is 3.33. The number of hydrogen-bond acceptors (Lipinski definition) is 6. The van der Waals surface area contributed by atoms with Crippen LogP contribution in [0.1, 0.15) is 27.9 Å². The van der Waals surface area contributed by atoms with Gasteiger partial charge in [0.2, 0.25) is 5.88 Å². The first-order valence-corrected chi connectivity index (χ1v) is 8.74. The summed E-state index contributed by atoms with van der Waals surface area (Å²) < 4.78 is 6.67. The topological polar surface area (TPSA) is 73.1 Å². The average Bonchev–Trinajstić information content (AvgIpc) is 3.30. The molecule has 3 aromatic rings. The number of methoxy groups -OCH3 is 1. The van der Waals surface area contributed by atoms with Crippen molar-refractivity contribution >= 4 is 17.2 Å². The van der Waals surface area contributed by atoms with Crippen molar-refractivity contribution in [3.8, 4) is 11.7 Å². The third-order valence-corrected chi connectivity index (χ3v) is 4.67. The van der Waals surface area contributed by atoms with Crippen LogP contribution in [0, 0.1) is 0 Å². The number of hydrogen-bond donors (Lipinski definition) is 0. The Morgan fingerprint density at radius 1 is 1.32 bits per heavy atom. The summed E-state index contributed by atoms with van der Waals surface area (Å²) in [6.07, 6.45) is 2.25. The quantitative estimate of drug-likeness (QED) is 0.678. The van der Waals surface area contributed by atoms with Crippen molar-refractivity contribution in [2.45, 2.75) is 19.9 Å². The minimum absolute atomic E-state index is 0.0574. The van der Waals surface area contributed by atoms with Crippen LogP contribution in [0.25, 0.3) is 5.82 Å². The molecular weight excluding hydrogens is 338 g/mol. The van der Waals surface area contributed by atoms with E-state index in [1.165, 1.54) is 7.11 Å². The van der Waals surface area contributed by atoms with E-state index in [-0.39, 0.29) is 5.91 Å². The number of aromatic nitrogens is 4. The largest absolute Gasteiger partial charge is 0.480 e. The predicted octanol–water partition coefficient (Wildman–Crippen LogP) is 2.57. The first-order chi connectivity index (χ1) is 12.1. The van der Waals surface area contributed by atoms with Gasteiger partial charge in [-0.3, -0.25) is 4.79 Å². The molecule has 3 heterocycles. The normalized spacial score (nSPS) is 10.7. The van der Waals surface area contributed by atoms with E-state index in [0.29, 0.717) is 30.2 Å². The Morgan fingerprint density at radius 2 is 2.16 bits per heavy atom. The molecule has 0 saturated carbocycles. The van der Waals surface area contributed by atoms with Gasteiger partial charge in [-0.25, -0.2) is 4.68 Å². The van der Waals surface area contributed by atoms with Gasteiger partial charge in [0.05, 0.1) is 31.1 Å². The van der Waals surface area contributed by atoms with Crippen molar-refractivity contribution in [3.63, 3.8) is 0 Å². The molecule has 3 aromatic heterocycles. The van der Waals surface area contributed by atoms with Crippen LogP contribution in [0.3, 0.4) is 0 Å². The van der Waals surface area contributed by atoms with E-state index in [4.69, 9.17) is 4.74 Å². The van der Waals surface area contributed by atoms with E-state index >= 15 is 0 Å². The number of thiophene rings is 1. The molecule has 0 atom stereocenters. The SMILES string of the molecule is CCc1c(C(=O)N(C)Cc2cccs2)cnn1-c1ccc(OC)nn1. The van der Waals surface area contributed by atoms with Gasteiger partial charge >= 0.3 is 0 Å². The molecule has 25 heavy (non-hydrogen) atoms. The second-order valence-corrected chi connectivity index (χ2v) is 6.48. The van der Waals surface area contributed by atoms with Gasteiger partial charge in [-0.1, -0.05) is 13.0 Å². The first kappa shape index (κ1) is 17.1. The third-order valence-electron chi connectivity index (χ3n) is 3.81. The molecule has 0 bridgehead atoms. The maximum absolute atomic E-state index is 12.8. The number of ether oxygens (including phenoxy) is 1. The van der Waals surface area contributed by atoms with E-state index in [2.05, 4.69) is 15.3 Å². The van der Waals surface area contributed by atoms with Crippen LogP contribution in [-0.2, 0) is 13.0 Å². The van der Waals surface area contributed by atoms with Crippen LogP contribution in [0.15, 0.2) is 35.8 Å². The molecule has 0 unspecified atom stereocenters. The predicted molar refractivity (Wildman–Crippen MR) is 95.2 cm³/mol. The number of carbonyl (C=O) groups is 1. The van der Waals surface area contributed by atoms with E-state index in [0.717, 1.165) is 10.6 Å². The molecule has 8 heteroatoms. The molecule has 1 amide bonds. The molecule has 3 rings (SSSR count). The van der Waals surface area contributed by atoms with E-state index in [1.54, 1.807) is 46.3 Å². The van der Waals surface area contributed by atoms with Crippen LogP contribution >= 0.6 is 11.3 Å². The maximum atomic E-state index is 12.8. The van der Waals surface area contributed by atoms with Gasteiger partial charge in [0.1, 0.15) is 0 Å². The molecular formula is C17H19N5O2S. The lowest BCUT2D eigenvalue weighted by atomic mass is 10.2. The zero-order valence-corrected chi connectivity index (χ0v) is 15.2. The lowest BCUT2D eigenvalue weighted by molar-refractivity contribution is 0.0785. The molecule has 0 fully saturated rings. The smallest absolute Gasteiger partial charge is 0.257 e. The Hall–Kier alpha value is -2.74. The zero-order valence-electron chi connectivity index (χ0n) is 14.3. The Morgan fingerprint density at radius 3 is 2.76 bits per heavy atom. The van der Waals surface area contributed by atoms with Crippen molar-refractivity contribution in [1.29, 1.82) is 0 Å². The number of amides is 1. The lowest BCUT2D eigenvalue weighted by Crippen LogP contribution is -2.26. The molecule has 0 spiro atoms.